The van der Waals surface area contributed by atoms with E-state index in [9.17, 15) is 9.59 Å². The number of rotatable bonds is 6. The van der Waals surface area contributed by atoms with Crippen molar-refractivity contribution in [2.75, 3.05) is 19.6 Å². The second kappa shape index (κ2) is 10.1. The monoisotopic (exact) mass is 527 g/mol. The van der Waals surface area contributed by atoms with Crippen molar-refractivity contribution < 1.29 is 14.3 Å². The minimum atomic E-state index is -0.717. The molecule has 0 aliphatic carbocycles. The van der Waals surface area contributed by atoms with E-state index in [1.54, 1.807) is 29.9 Å². The fourth-order valence-electron chi connectivity index (χ4n) is 5.48. The Balaban J connectivity index is 1.12. The number of amides is 1. The summed E-state index contributed by atoms with van der Waals surface area (Å²) in [5.41, 5.74) is 5.33. The number of carbonyl (C=O) groups excluding carboxylic acids is 1. The molecule has 0 saturated carbocycles. The molecule has 0 bridgehead atoms. The molecule has 0 radical (unpaired) electrons. The largest absolute Gasteiger partial charge is 0.348 e. The van der Waals surface area contributed by atoms with Gasteiger partial charge in [-0.05, 0) is 60.7 Å². The SMILES string of the molecule is Cn1ccc(-c2ccc3nc(C(=O)NC[C@@H]4OC(C)(C)O[C@H]4CN4CCc5ccccc5C4)cn3c2)cc1=O. The number of hydrogen-bond acceptors (Lipinski definition) is 6. The maximum absolute atomic E-state index is 13.1. The van der Waals surface area contributed by atoms with E-state index in [0.717, 1.165) is 37.2 Å². The van der Waals surface area contributed by atoms with E-state index in [0.29, 0.717) is 17.9 Å². The molecule has 1 fully saturated rings. The Labute approximate surface area is 227 Å². The second-order valence-electron chi connectivity index (χ2n) is 10.9. The van der Waals surface area contributed by atoms with Crippen LogP contribution in [0, 0.1) is 0 Å². The van der Waals surface area contributed by atoms with Crippen LogP contribution in [0.25, 0.3) is 16.8 Å². The smallest absolute Gasteiger partial charge is 0.271 e. The summed E-state index contributed by atoms with van der Waals surface area (Å²) < 4.78 is 15.8. The number of benzene rings is 1. The Bertz CT molecular complexity index is 1590. The molecule has 6 rings (SSSR count). The molecule has 0 spiro atoms. The highest BCUT2D eigenvalue weighted by Crippen LogP contribution is 2.30. The van der Waals surface area contributed by atoms with Gasteiger partial charge in [0.2, 0.25) is 0 Å². The number of aryl methyl sites for hydroxylation is 1. The van der Waals surface area contributed by atoms with Gasteiger partial charge in [0.1, 0.15) is 23.5 Å². The summed E-state index contributed by atoms with van der Waals surface area (Å²) in [4.78, 5) is 32.0. The number of hydrogen-bond donors (Lipinski definition) is 1. The summed E-state index contributed by atoms with van der Waals surface area (Å²) in [5.74, 6) is -0.987. The van der Waals surface area contributed by atoms with Crippen molar-refractivity contribution in [2.45, 2.75) is 44.8 Å². The Morgan fingerprint density at radius 1 is 1.05 bits per heavy atom. The van der Waals surface area contributed by atoms with Crippen LogP contribution in [0.15, 0.2) is 71.9 Å². The van der Waals surface area contributed by atoms with Crippen molar-refractivity contribution in [3.8, 4) is 11.1 Å². The summed E-state index contributed by atoms with van der Waals surface area (Å²) in [6.07, 6.45) is 5.90. The van der Waals surface area contributed by atoms with Gasteiger partial charge in [-0.15, -0.1) is 0 Å². The minimum Gasteiger partial charge on any atom is -0.348 e. The third kappa shape index (κ3) is 5.38. The van der Waals surface area contributed by atoms with Crippen LogP contribution in [0.2, 0.25) is 0 Å². The zero-order valence-corrected chi connectivity index (χ0v) is 22.5. The number of aromatic nitrogens is 3. The maximum Gasteiger partial charge on any atom is 0.271 e. The fourth-order valence-corrected chi connectivity index (χ4v) is 5.48. The first-order valence-electron chi connectivity index (χ1n) is 13.3. The summed E-state index contributed by atoms with van der Waals surface area (Å²) in [7, 11) is 1.72. The van der Waals surface area contributed by atoms with E-state index in [2.05, 4.69) is 39.5 Å². The van der Waals surface area contributed by atoms with E-state index in [1.807, 2.05) is 38.2 Å². The lowest BCUT2D eigenvalue weighted by Gasteiger charge is -2.31. The Kier molecular flexibility index (Phi) is 6.58. The van der Waals surface area contributed by atoms with Crippen LogP contribution >= 0.6 is 0 Å². The topological polar surface area (TPSA) is 90.1 Å². The van der Waals surface area contributed by atoms with Gasteiger partial charge in [0.25, 0.3) is 11.5 Å². The molecule has 39 heavy (non-hydrogen) atoms. The Morgan fingerprint density at radius 2 is 1.85 bits per heavy atom. The van der Waals surface area contributed by atoms with Crippen molar-refractivity contribution in [2.24, 2.45) is 7.05 Å². The van der Waals surface area contributed by atoms with Crippen molar-refractivity contribution in [3.05, 3.63) is 94.3 Å². The third-order valence-electron chi connectivity index (χ3n) is 7.52. The van der Waals surface area contributed by atoms with Crippen molar-refractivity contribution in [3.63, 3.8) is 0 Å². The molecule has 9 nitrogen and oxygen atoms in total. The van der Waals surface area contributed by atoms with Crippen LogP contribution in [-0.4, -0.2) is 62.4 Å². The molecule has 2 aliphatic heterocycles. The van der Waals surface area contributed by atoms with Gasteiger partial charge in [-0.1, -0.05) is 24.3 Å². The maximum atomic E-state index is 13.1. The van der Waals surface area contributed by atoms with Crippen LogP contribution in [0.1, 0.15) is 35.5 Å². The molecule has 1 saturated heterocycles. The zero-order chi connectivity index (χ0) is 27.1. The van der Waals surface area contributed by atoms with Gasteiger partial charge in [0.15, 0.2) is 5.79 Å². The molecule has 1 aromatic carbocycles. The predicted molar refractivity (Wildman–Crippen MR) is 147 cm³/mol. The fraction of sp³-hybridized carbons (Fsp3) is 0.367. The van der Waals surface area contributed by atoms with Gasteiger partial charge in [0.05, 0.1) is 0 Å². The molecule has 4 aromatic rings. The lowest BCUT2D eigenvalue weighted by molar-refractivity contribution is -0.147. The molecule has 202 valence electrons. The van der Waals surface area contributed by atoms with Gasteiger partial charge in [-0.2, -0.15) is 0 Å². The van der Waals surface area contributed by atoms with Gasteiger partial charge >= 0.3 is 0 Å². The first-order chi connectivity index (χ1) is 18.7. The molecular formula is C30H33N5O4. The third-order valence-corrected chi connectivity index (χ3v) is 7.52. The Morgan fingerprint density at radius 3 is 2.67 bits per heavy atom. The van der Waals surface area contributed by atoms with Gasteiger partial charge < -0.3 is 23.8 Å². The number of fused-ring (bicyclic) bond motifs is 2. The van der Waals surface area contributed by atoms with E-state index < -0.39 is 5.79 Å². The second-order valence-corrected chi connectivity index (χ2v) is 10.9. The highest BCUT2D eigenvalue weighted by atomic mass is 16.8. The minimum absolute atomic E-state index is 0.0806. The highest BCUT2D eigenvalue weighted by Gasteiger charge is 2.42. The number of imidazole rings is 1. The van der Waals surface area contributed by atoms with E-state index in [1.165, 1.54) is 15.7 Å². The van der Waals surface area contributed by atoms with Crippen LogP contribution in [-0.2, 0) is 29.5 Å². The van der Waals surface area contributed by atoms with Crippen LogP contribution in [0.4, 0.5) is 0 Å². The lowest BCUT2D eigenvalue weighted by Crippen LogP contribution is -2.44. The van der Waals surface area contributed by atoms with Gasteiger partial charge in [-0.25, -0.2) is 4.98 Å². The molecule has 2 aliphatic rings. The number of pyridine rings is 2. The molecule has 0 unspecified atom stereocenters. The first kappa shape index (κ1) is 25.5. The molecule has 2 atom stereocenters. The number of carbonyl (C=O) groups is 1. The average molecular weight is 528 g/mol. The number of nitrogens with one attached hydrogen (secondary N) is 1. The van der Waals surface area contributed by atoms with Crippen LogP contribution in [0.5, 0.6) is 0 Å². The van der Waals surface area contributed by atoms with Crippen LogP contribution in [0.3, 0.4) is 0 Å². The molecule has 9 heteroatoms. The van der Waals surface area contributed by atoms with Gasteiger partial charge in [-0.3, -0.25) is 14.5 Å². The summed E-state index contributed by atoms with van der Waals surface area (Å²) >= 11 is 0. The van der Waals surface area contributed by atoms with Crippen molar-refractivity contribution >= 4 is 11.6 Å². The lowest BCUT2D eigenvalue weighted by atomic mass is 9.99. The zero-order valence-electron chi connectivity index (χ0n) is 22.5. The molecule has 1 N–H and O–H groups in total. The highest BCUT2D eigenvalue weighted by molar-refractivity contribution is 5.93. The summed E-state index contributed by atoms with van der Waals surface area (Å²) in [6, 6.07) is 15.8. The first-order valence-corrected chi connectivity index (χ1v) is 13.3. The summed E-state index contributed by atoms with van der Waals surface area (Å²) in [6.45, 7) is 6.74. The summed E-state index contributed by atoms with van der Waals surface area (Å²) in [5, 5.41) is 3.00. The predicted octanol–water partition coefficient (Wildman–Crippen LogP) is 3.01. The standard InChI is InChI=1S/C30H33N5O4/c1-30(2)38-25(26(39-30)19-34-13-11-20-6-4-5-7-22(20)16-34)15-31-29(37)24-18-35-17-23(8-9-27(35)32-24)21-10-12-33(3)28(36)14-21/h4-10,12,14,17-18,25-26H,11,13,15-16,19H2,1-3H3,(H,31,37)/t25-,26-/m0/s1. The molecule has 5 heterocycles. The normalized spacial score (nSPS) is 20.7. The molecular weight excluding hydrogens is 494 g/mol. The van der Waals surface area contributed by atoms with Crippen molar-refractivity contribution in [1.29, 1.82) is 0 Å². The van der Waals surface area contributed by atoms with E-state index in [4.69, 9.17) is 9.47 Å². The van der Waals surface area contributed by atoms with Crippen LogP contribution < -0.4 is 10.9 Å². The Hall–Kier alpha value is -3.79. The molecule has 3 aromatic heterocycles. The van der Waals surface area contributed by atoms with E-state index >= 15 is 0 Å². The molecule has 1 amide bonds. The average Bonchev–Trinajstić information content (AvgIpc) is 3.48. The number of ether oxygens (including phenoxy) is 2. The quantitative estimate of drug-likeness (QED) is 0.415. The van der Waals surface area contributed by atoms with Crippen molar-refractivity contribution in [1.82, 2.24) is 24.2 Å². The van der Waals surface area contributed by atoms with E-state index in [-0.39, 0.29) is 23.7 Å². The number of nitrogens with zero attached hydrogens (tertiary/aromatic N) is 4. The van der Waals surface area contributed by atoms with Gasteiger partial charge in [0, 0.05) is 57.9 Å².